The summed E-state index contributed by atoms with van der Waals surface area (Å²) < 4.78 is 31.9. The van der Waals surface area contributed by atoms with Gasteiger partial charge in [-0.3, -0.25) is 0 Å². The van der Waals surface area contributed by atoms with E-state index in [1.165, 1.54) is 25.4 Å². The van der Waals surface area contributed by atoms with Crippen molar-refractivity contribution in [3.63, 3.8) is 0 Å². The molecule has 34 heavy (non-hydrogen) atoms. The number of halogens is 1. The Hall–Kier alpha value is -3.62. The lowest BCUT2D eigenvalue weighted by Gasteiger charge is -2.23. The van der Waals surface area contributed by atoms with Gasteiger partial charge in [0, 0.05) is 18.1 Å². The van der Waals surface area contributed by atoms with Crippen LogP contribution in [0.15, 0.2) is 94.9 Å². The molecule has 4 aromatic rings. The van der Waals surface area contributed by atoms with Crippen molar-refractivity contribution in [3.8, 4) is 5.75 Å². The van der Waals surface area contributed by atoms with Crippen LogP contribution in [0.4, 0.5) is 11.8 Å². The van der Waals surface area contributed by atoms with Crippen molar-refractivity contribution in [1.82, 2.24) is 9.97 Å². The normalized spacial score (nSPS) is 11.2. The third kappa shape index (κ3) is 5.13. The summed E-state index contributed by atoms with van der Waals surface area (Å²) in [5.74, 6) is 0.322. The van der Waals surface area contributed by atoms with Gasteiger partial charge in [0.05, 0.1) is 13.3 Å². The van der Waals surface area contributed by atoms with Gasteiger partial charge < -0.3 is 15.4 Å². The van der Waals surface area contributed by atoms with E-state index in [4.69, 9.17) is 22.1 Å². The zero-order valence-corrected chi connectivity index (χ0v) is 20.0. The van der Waals surface area contributed by atoms with Gasteiger partial charge in [-0.1, -0.05) is 72.3 Å². The van der Waals surface area contributed by atoms with Gasteiger partial charge in [0.25, 0.3) is 0 Å². The highest BCUT2D eigenvalue weighted by Gasteiger charge is 2.27. The molecule has 0 aliphatic carbocycles. The van der Waals surface area contributed by atoms with Crippen LogP contribution < -0.4 is 15.4 Å². The summed E-state index contributed by atoms with van der Waals surface area (Å²) in [7, 11) is -2.69. The van der Waals surface area contributed by atoms with Gasteiger partial charge in [-0.05, 0) is 29.3 Å². The highest BCUT2D eigenvalue weighted by Crippen LogP contribution is 2.34. The third-order valence-corrected chi connectivity index (χ3v) is 7.22. The maximum absolute atomic E-state index is 13.3. The van der Waals surface area contributed by atoms with Crippen molar-refractivity contribution in [1.29, 1.82) is 0 Å². The molecule has 9 heteroatoms. The fourth-order valence-electron chi connectivity index (χ4n) is 3.52. The van der Waals surface area contributed by atoms with Gasteiger partial charge in [-0.2, -0.15) is 4.98 Å². The molecule has 0 bridgehead atoms. The maximum Gasteiger partial charge on any atom is 0.227 e. The zero-order valence-electron chi connectivity index (χ0n) is 18.4. The Labute approximate surface area is 203 Å². The highest BCUT2D eigenvalue weighted by molar-refractivity contribution is 7.91. The van der Waals surface area contributed by atoms with Gasteiger partial charge in [-0.15, -0.1) is 0 Å². The minimum absolute atomic E-state index is 0.101. The Balaban J connectivity index is 1.72. The van der Waals surface area contributed by atoms with E-state index >= 15 is 0 Å². The molecule has 0 unspecified atom stereocenters. The van der Waals surface area contributed by atoms with Crippen molar-refractivity contribution in [2.24, 2.45) is 0 Å². The molecule has 0 aliphatic rings. The van der Waals surface area contributed by atoms with Crippen molar-refractivity contribution < 1.29 is 13.2 Å². The van der Waals surface area contributed by atoms with E-state index in [0.29, 0.717) is 19.0 Å². The van der Waals surface area contributed by atoms with Crippen LogP contribution in [-0.2, 0) is 22.9 Å². The highest BCUT2D eigenvalue weighted by atomic mass is 35.5. The van der Waals surface area contributed by atoms with Crippen LogP contribution in [0.25, 0.3) is 0 Å². The van der Waals surface area contributed by atoms with Crippen molar-refractivity contribution in [2.75, 3.05) is 17.7 Å². The summed E-state index contributed by atoms with van der Waals surface area (Å²) in [6.45, 7) is 1.03. The van der Waals surface area contributed by atoms with E-state index in [1.807, 2.05) is 65.6 Å². The van der Waals surface area contributed by atoms with Gasteiger partial charge in [-0.25, -0.2) is 13.4 Å². The number of hydrogen-bond acceptors (Lipinski definition) is 7. The van der Waals surface area contributed by atoms with Crippen molar-refractivity contribution in [3.05, 3.63) is 101 Å². The number of methoxy groups -OCH3 is 1. The van der Waals surface area contributed by atoms with Crippen LogP contribution in [0, 0.1) is 0 Å². The SMILES string of the molecule is COc1ccc(Cl)cc1S(=O)(=O)c1cnc(N(Cc2ccccc2)Cc2ccccc2)nc1N. The number of anilines is 2. The molecule has 7 nitrogen and oxygen atoms in total. The molecule has 3 aromatic carbocycles. The van der Waals surface area contributed by atoms with Crippen LogP contribution >= 0.6 is 11.6 Å². The molecule has 174 valence electrons. The molecule has 0 radical (unpaired) electrons. The number of nitrogens with zero attached hydrogens (tertiary/aromatic N) is 3. The Morgan fingerprint density at radius 2 is 1.50 bits per heavy atom. The molecular formula is C25H23ClN4O3S. The number of nitrogen functional groups attached to an aromatic ring is 1. The van der Waals surface area contributed by atoms with E-state index < -0.39 is 9.84 Å². The summed E-state index contributed by atoms with van der Waals surface area (Å²) in [6.07, 6.45) is 1.23. The van der Waals surface area contributed by atoms with Crippen LogP contribution in [-0.4, -0.2) is 25.5 Å². The quantitative estimate of drug-likeness (QED) is 0.377. The van der Waals surface area contributed by atoms with Crippen LogP contribution in [0.5, 0.6) is 5.75 Å². The first-order valence-electron chi connectivity index (χ1n) is 10.4. The van der Waals surface area contributed by atoms with E-state index in [1.54, 1.807) is 6.07 Å². The second-order valence-electron chi connectivity index (χ2n) is 7.55. The summed E-state index contributed by atoms with van der Waals surface area (Å²) in [5.41, 5.74) is 8.28. The van der Waals surface area contributed by atoms with Crippen LogP contribution in [0.1, 0.15) is 11.1 Å². The molecule has 1 aromatic heterocycles. The first-order chi connectivity index (χ1) is 16.4. The van der Waals surface area contributed by atoms with Crippen molar-refractivity contribution >= 4 is 33.2 Å². The molecule has 4 rings (SSSR count). The van der Waals surface area contributed by atoms with E-state index in [0.717, 1.165) is 11.1 Å². The average Bonchev–Trinajstić information content (AvgIpc) is 2.84. The minimum Gasteiger partial charge on any atom is -0.495 e. The standard InChI is InChI=1S/C25H23ClN4O3S/c1-33-21-13-12-20(26)14-22(21)34(31,32)23-15-28-25(29-24(23)27)30(16-18-8-4-2-5-9-18)17-19-10-6-3-7-11-19/h2-15H,16-17H2,1H3,(H2,27,28,29). The first-order valence-corrected chi connectivity index (χ1v) is 12.3. The van der Waals surface area contributed by atoms with E-state index in [9.17, 15) is 8.42 Å². The maximum atomic E-state index is 13.3. The summed E-state index contributed by atoms with van der Waals surface area (Å²) in [4.78, 5) is 10.4. The zero-order chi connectivity index (χ0) is 24.1. The predicted octanol–water partition coefficient (Wildman–Crippen LogP) is 4.76. The lowest BCUT2D eigenvalue weighted by molar-refractivity contribution is 0.402. The molecular weight excluding hydrogens is 472 g/mol. The van der Waals surface area contributed by atoms with Crippen molar-refractivity contribution in [2.45, 2.75) is 22.9 Å². The molecule has 0 atom stereocenters. The largest absolute Gasteiger partial charge is 0.495 e. The monoisotopic (exact) mass is 494 g/mol. The Morgan fingerprint density at radius 3 is 2.03 bits per heavy atom. The summed E-state index contributed by atoms with van der Waals surface area (Å²) in [5, 5.41) is 0.257. The number of rotatable bonds is 8. The molecule has 0 amide bonds. The smallest absolute Gasteiger partial charge is 0.227 e. The summed E-state index contributed by atoms with van der Waals surface area (Å²) >= 11 is 6.04. The molecule has 0 aliphatic heterocycles. The second kappa shape index (κ2) is 10.1. The van der Waals surface area contributed by atoms with Gasteiger partial charge >= 0.3 is 0 Å². The number of benzene rings is 3. The minimum atomic E-state index is -4.07. The molecule has 1 heterocycles. The molecule has 0 saturated heterocycles. The molecule has 0 spiro atoms. The van der Waals surface area contributed by atoms with E-state index in [-0.39, 0.29) is 26.4 Å². The number of sulfone groups is 1. The Morgan fingerprint density at radius 1 is 0.912 bits per heavy atom. The lowest BCUT2D eigenvalue weighted by Crippen LogP contribution is -2.25. The number of nitrogens with two attached hydrogens (primary N) is 1. The Bertz CT molecular complexity index is 1340. The van der Waals surface area contributed by atoms with E-state index in [2.05, 4.69) is 9.97 Å². The number of ether oxygens (including phenoxy) is 1. The van der Waals surface area contributed by atoms with Crippen LogP contribution in [0.2, 0.25) is 5.02 Å². The first kappa shape index (κ1) is 23.5. The lowest BCUT2D eigenvalue weighted by atomic mass is 10.2. The number of hydrogen-bond donors (Lipinski definition) is 1. The Kier molecular flexibility index (Phi) is 7.00. The van der Waals surface area contributed by atoms with Gasteiger partial charge in [0.2, 0.25) is 15.8 Å². The number of aromatic nitrogens is 2. The topological polar surface area (TPSA) is 98.4 Å². The third-order valence-electron chi connectivity index (χ3n) is 5.19. The van der Waals surface area contributed by atoms with Gasteiger partial charge in [0.1, 0.15) is 21.4 Å². The van der Waals surface area contributed by atoms with Gasteiger partial charge in [0.15, 0.2) is 0 Å². The fraction of sp³-hybridized carbons (Fsp3) is 0.120. The van der Waals surface area contributed by atoms with Crippen LogP contribution in [0.3, 0.4) is 0 Å². The fourth-order valence-corrected chi connectivity index (χ4v) is 5.20. The summed E-state index contributed by atoms with van der Waals surface area (Å²) in [6, 6.07) is 24.1. The second-order valence-corrected chi connectivity index (χ2v) is 9.87. The molecule has 0 saturated carbocycles. The molecule has 2 N–H and O–H groups in total. The predicted molar refractivity (Wildman–Crippen MR) is 133 cm³/mol. The molecule has 0 fully saturated rings. The average molecular weight is 495 g/mol.